The van der Waals surface area contributed by atoms with Crippen molar-refractivity contribution in [3.63, 3.8) is 0 Å². The van der Waals surface area contributed by atoms with E-state index in [4.69, 9.17) is 4.74 Å². The number of ether oxygens (including phenoxy) is 1. The van der Waals surface area contributed by atoms with E-state index in [-0.39, 0.29) is 18.7 Å². The van der Waals surface area contributed by atoms with Gasteiger partial charge in [0.2, 0.25) is 0 Å². The first-order valence-corrected chi connectivity index (χ1v) is 8.71. The van der Waals surface area contributed by atoms with Crippen LogP contribution in [0.3, 0.4) is 0 Å². The molecule has 0 spiro atoms. The first kappa shape index (κ1) is 19.1. The van der Waals surface area contributed by atoms with Crippen LogP contribution in [0.2, 0.25) is 0 Å². The molecule has 0 aromatic heterocycles. The fourth-order valence-electron chi connectivity index (χ4n) is 2.75. The van der Waals surface area contributed by atoms with Gasteiger partial charge in [-0.05, 0) is 38.3 Å². The van der Waals surface area contributed by atoms with Crippen molar-refractivity contribution < 1.29 is 19.4 Å². The second kappa shape index (κ2) is 9.27. The lowest BCUT2D eigenvalue weighted by atomic mass is 10.1. The molecule has 0 unspecified atom stereocenters. The number of carbonyl (C=O) groups is 2. The van der Waals surface area contributed by atoms with Crippen molar-refractivity contribution in [2.24, 2.45) is 0 Å². The topological polar surface area (TPSA) is 90.9 Å². The van der Waals surface area contributed by atoms with E-state index in [2.05, 4.69) is 10.6 Å². The Hall–Kier alpha value is -2.28. The van der Waals surface area contributed by atoms with E-state index < -0.39 is 12.0 Å². The van der Waals surface area contributed by atoms with Crippen molar-refractivity contribution >= 4 is 11.9 Å². The number of nitrogens with one attached hydrogen (secondary N) is 2. The zero-order valence-corrected chi connectivity index (χ0v) is 14.8. The number of para-hydroxylation sites is 1. The van der Waals surface area contributed by atoms with E-state index in [1.807, 2.05) is 32.0 Å². The van der Waals surface area contributed by atoms with E-state index in [9.17, 15) is 14.7 Å². The summed E-state index contributed by atoms with van der Waals surface area (Å²) in [5.41, 5.74) is 0.952. The summed E-state index contributed by atoms with van der Waals surface area (Å²) in [4.78, 5) is 25.6. The van der Waals surface area contributed by atoms with E-state index >= 15 is 0 Å². The number of aliphatic hydroxyl groups excluding tert-OH is 1. The number of carbonyl (C=O) groups excluding carboxylic acids is 2. The molecule has 1 atom stereocenters. The minimum Gasteiger partial charge on any atom is -0.490 e. The molecule has 1 aliphatic rings. The van der Waals surface area contributed by atoms with Gasteiger partial charge in [0.1, 0.15) is 12.4 Å². The molecule has 7 nitrogen and oxygen atoms in total. The summed E-state index contributed by atoms with van der Waals surface area (Å²) in [5.74, 6) is 0.217. The molecular weight excluding hydrogens is 322 g/mol. The van der Waals surface area contributed by atoms with Crippen molar-refractivity contribution in [3.05, 3.63) is 29.8 Å². The fraction of sp³-hybridized carbons (Fsp3) is 0.556. The predicted octanol–water partition coefficient (Wildman–Crippen LogP) is 1.04. The Morgan fingerprint density at radius 1 is 1.32 bits per heavy atom. The lowest BCUT2D eigenvalue weighted by Crippen LogP contribution is -2.51. The Kier molecular flexibility index (Phi) is 7.06. The van der Waals surface area contributed by atoms with E-state index in [0.29, 0.717) is 38.2 Å². The predicted molar refractivity (Wildman–Crippen MR) is 94.5 cm³/mol. The van der Waals surface area contributed by atoms with Gasteiger partial charge in [-0.1, -0.05) is 18.2 Å². The highest BCUT2D eigenvalue weighted by molar-refractivity contribution is 5.81. The fourth-order valence-corrected chi connectivity index (χ4v) is 2.75. The maximum absolute atomic E-state index is 12.1. The normalized spacial score (nSPS) is 16.2. The number of benzene rings is 1. The van der Waals surface area contributed by atoms with Gasteiger partial charge in [0.05, 0.1) is 0 Å². The number of urea groups is 1. The van der Waals surface area contributed by atoms with E-state index in [0.717, 1.165) is 5.56 Å². The van der Waals surface area contributed by atoms with E-state index in [1.54, 1.807) is 11.0 Å². The minimum absolute atomic E-state index is 0.0358. The molecule has 0 aliphatic carbocycles. The minimum atomic E-state index is -1.22. The molecule has 0 saturated carbocycles. The molecule has 1 aromatic rings. The Labute approximate surface area is 148 Å². The molecule has 3 amide bonds. The molecule has 2 rings (SSSR count). The van der Waals surface area contributed by atoms with Gasteiger partial charge in [-0.2, -0.15) is 0 Å². The van der Waals surface area contributed by atoms with Gasteiger partial charge in [0, 0.05) is 25.7 Å². The molecule has 1 fully saturated rings. The summed E-state index contributed by atoms with van der Waals surface area (Å²) < 4.78 is 5.51. The summed E-state index contributed by atoms with van der Waals surface area (Å²) in [5, 5.41) is 15.6. The highest BCUT2D eigenvalue weighted by atomic mass is 16.5. The van der Waals surface area contributed by atoms with Crippen LogP contribution in [0.4, 0.5) is 4.79 Å². The number of aliphatic hydroxyl groups is 1. The number of hydrogen-bond acceptors (Lipinski definition) is 4. The van der Waals surface area contributed by atoms with Gasteiger partial charge in [0.25, 0.3) is 5.91 Å². The number of amides is 3. The molecule has 1 heterocycles. The first-order valence-electron chi connectivity index (χ1n) is 8.71. The second-order valence-electron chi connectivity index (χ2n) is 6.20. The Morgan fingerprint density at radius 2 is 2.00 bits per heavy atom. The third kappa shape index (κ3) is 5.63. The third-order valence-electron chi connectivity index (χ3n) is 4.25. The number of likely N-dealkylation sites (tertiary alicyclic amines) is 1. The Balaban J connectivity index is 1.73. The molecule has 1 aliphatic heterocycles. The largest absolute Gasteiger partial charge is 0.490 e. The maximum atomic E-state index is 12.1. The van der Waals surface area contributed by atoms with Crippen molar-refractivity contribution in [2.45, 2.75) is 38.8 Å². The Bertz CT molecular complexity index is 585. The number of aryl methyl sites for hydroxylation is 1. The quantitative estimate of drug-likeness (QED) is 0.716. The van der Waals surface area contributed by atoms with Crippen molar-refractivity contribution in [3.8, 4) is 5.75 Å². The summed E-state index contributed by atoms with van der Waals surface area (Å²) in [6.07, 6.45) is 0.128. The third-order valence-corrected chi connectivity index (χ3v) is 4.25. The van der Waals surface area contributed by atoms with Crippen LogP contribution in [-0.4, -0.2) is 60.3 Å². The van der Waals surface area contributed by atoms with Gasteiger partial charge in [0.15, 0.2) is 6.10 Å². The highest BCUT2D eigenvalue weighted by Crippen LogP contribution is 2.16. The molecule has 3 N–H and O–H groups in total. The van der Waals surface area contributed by atoms with Crippen molar-refractivity contribution in [2.75, 3.05) is 26.2 Å². The van der Waals surface area contributed by atoms with Crippen molar-refractivity contribution in [1.29, 1.82) is 0 Å². The summed E-state index contributed by atoms with van der Waals surface area (Å²) in [6, 6.07) is 7.35. The van der Waals surface area contributed by atoms with Crippen LogP contribution in [0.15, 0.2) is 24.3 Å². The summed E-state index contributed by atoms with van der Waals surface area (Å²) in [6.45, 7) is 5.48. The van der Waals surface area contributed by atoms with Gasteiger partial charge in [-0.3, -0.25) is 4.79 Å². The number of nitrogens with zero attached hydrogens (tertiary/aromatic N) is 1. The molecule has 0 bridgehead atoms. The van der Waals surface area contributed by atoms with Gasteiger partial charge in [-0.25, -0.2) is 4.79 Å². The standard InChI is InChI=1S/C18H27N3O4/c1-3-19-18(24)21-10-8-14(9-11-21)20-17(23)15(22)12-25-16-7-5-4-6-13(16)2/h4-7,14-15,22H,3,8-12H2,1-2H3,(H,19,24)(H,20,23)/t15-/m1/s1. The number of hydrogen-bond donors (Lipinski definition) is 3. The van der Waals surface area contributed by atoms with Crippen LogP contribution in [-0.2, 0) is 4.79 Å². The molecule has 25 heavy (non-hydrogen) atoms. The van der Waals surface area contributed by atoms with Crippen LogP contribution >= 0.6 is 0 Å². The highest BCUT2D eigenvalue weighted by Gasteiger charge is 2.25. The molecule has 1 aromatic carbocycles. The second-order valence-corrected chi connectivity index (χ2v) is 6.20. The number of piperidine rings is 1. The molecular formula is C18H27N3O4. The molecule has 1 saturated heterocycles. The van der Waals surface area contributed by atoms with Crippen LogP contribution in [0.1, 0.15) is 25.3 Å². The number of rotatable bonds is 6. The molecule has 0 radical (unpaired) electrons. The van der Waals surface area contributed by atoms with Gasteiger partial charge >= 0.3 is 6.03 Å². The summed E-state index contributed by atoms with van der Waals surface area (Å²) in [7, 11) is 0. The SMILES string of the molecule is CCNC(=O)N1CCC(NC(=O)[C@H](O)COc2ccccc2C)CC1. The first-order chi connectivity index (χ1) is 12.0. The van der Waals surface area contributed by atoms with Crippen LogP contribution < -0.4 is 15.4 Å². The maximum Gasteiger partial charge on any atom is 0.317 e. The van der Waals surface area contributed by atoms with Crippen LogP contribution in [0, 0.1) is 6.92 Å². The molecule has 138 valence electrons. The monoisotopic (exact) mass is 349 g/mol. The van der Waals surface area contributed by atoms with Crippen LogP contribution in [0.5, 0.6) is 5.75 Å². The van der Waals surface area contributed by atoms with Crippen LogP contribution in [0.25, 0.3) is 0 Å². The zero-order chi connectivity index (χ0) is 18.2. The lowest BCUT2D eigenvalue weighted by molar-refractivity contribution is -0.131. The Morgan fingerprint density at radius 3 is 2.64 bits per heavy atom. The van der Waals surface area contributed by atoms with Crippen molar-refractivity contribution in [1.82, 2.24) is 15.5 Å². The lowest BCUT2D eigenvalue weighted by Gasteiger charge is -2.32. The smallest absolute Gasteiger partial charge is 0.317 e. The average Bonchev–Trinajstić information content (AvgIpc) is 2.61. The van der Waals surface area contributed by atoms with E-state index in [1.165, 1.54) is 0 Å². The zero-order valence-electron chi connectivity index (χ0n) is 14.8. The van der Waals surface area contributed by atoms with Gasteiger partial charge in [-0.15, -0.1) is 0 Å². The summed E-state index contributed by atoms with van der Waals surface area (Å²) >= 11 is 0. The van der Waals surface area contributed by atoms with Gasteiger partial charge < -0.3 is 25.4 Å². The average molecular weight is 349 g/mol. The molecule has 7 heteroatoms.